The van der Waals surface area contributed by atoms with E-state index < -0.39 is 18.3 Å². The van der Waals surface area contributed by atoms with Crippen molar-refractivity contribution in [3.63, 3.8) is 0 Å². The summed E-state index contributed by atoms with van der Waals surface area (Å²) in [7, 11) is 0. The Bertz CT molecular complexity index is 702. The van der Waals surface area contributed by atoms with Crippen molar-refractivity contribution in [3.05, 3.63) is 102 Å². The van der Waals surface area contributed by atoms with Crippen LogP contribution < -0.4 is 4.74 Å². The second-order valence-electron chi connectivity index (χ2n) is 5.58. The van der Waals surface area contributed by atoms with Crippen LogP contribution in [0.1, 0.15) is 11.1 Å². The summed E-state index contributed by atoms with van der Waals surface area (Å²) in [5.41, 5.74) is 0.363. The number of benzene rings is 3. The molecule has 0 radical (unpaired) electrons. The third kappa shape index (κ3) is 3.04. The molecule has 3 aromatic rings. The molecule has 0 saturated heterocycles. The van der Waals surface area contributed by atoms with E-state index in [0.29, 0.717) is 5.75 Å². The fraction of sp³-hybridized carbons (Fsp3) is 0.143. The van der Waals surface area contributed by atoms with Crippen LogP contribution in [0.25, 0.3) is 0 Å². The normalized spacial score (nSPS) is 12.6. The number of rotatable bonds is 6. The summed E-state index contributed by atoms with van der Waals surface area (Å²) in [5.74, 6) is 0.623. The number of para-hydroxylation sites is 1. The first-order valence-corrected chi connectivity index (χ1v) is 7.91. The van der Waals surface area contributed by atoms with E-state index >= 15 is 0 Å². The van der Waals surface area contributed by atoms with Gasteiger partial charge in [0.05, 0.1) is 6.61 Å². The summed E-state index contributed by atoms with van der Waals surface area (Å²) < 4.78 is 6.32. The highest BCUT2D eigenvalue weighted by Gasteiger charge is 2.43. The standard InChI is InChI=1S/C21H20O3/c22-16-20(23)21(17-10-4-1-5-11-17,18-12-6-2-7-13-18)24-19-14-8-3-9-15-19/h1-15,20,22-23H,16H2. The monoisotopic (exact) mass is 320 g/mol. The number of aliphatic hydroxyl groups excluding tert-OH is 2. The van der Waals surface area contributed by atoms with Crippen molar-refractivity contribution < 1.29 is 14.9 Å². The highest BCUT2D eigenvalue weighted by molar-refractivity contribution is 5.40. The minimum absolute atomic E-state index is 0.420. The molecule has 24 heavy (non-hydrogen) atoms. The molecule has 3 nitrogen and oxygen atoms in total. The SMILES string of the molecule is OCC(O)C(Oc1ccccc1)(c1ccccc1)c1ccccc1. The van der Waals surface area contributed by atoms with E-state index in [4.69, 9.17) is 4.74 Å². The van der Waals surface area contributed by atoms with Crippen LogP contribution >= 0.6 is 0 Å². The van der Waals surface area contributed by atoms with Gasteiger partial charge in [-0.15, -0.1) is 0 Å². The van der Waals surface area contributed by atoms with Crippen LogP contribution in [0.2, 0.25) is 0 Å². The van der Waals surface area contributed by atoms with Crippen LogP contribution in [0.3, 0.4) is 0 Å². The molecule has 0 fully saturated rings. The van der Waals surface area contributed by atoms with Crippen LogP contribution in [0.5, 0.6) is 5.75 Å². The van der Waals surface area contributed by atoms with E-state index in [-0.39, 0.29) is 0 Å². The van der Waals surface area contributed by atoms with Crippen molar-refractivity contribution in [1.82, 2.24) is 0 Å². The molecule has 122 valence electrons. The van der Waals surface area contributed by atoms with E-state index in [0.717, 1.165) is 11.1 Å². The molecule has 3 aromatic carbocycles. The van der Waals surface area contributed by atoms with Crippen LogP contribution in [-0.4, -0.2) is 22.9 Å². The number of hydrogen-bond acceptors (Lipinski definition) is 3. The first-order valence-electron chi connectivity index (χ1n) is 7.91. The van der Waals surface area contributed by atoms with Crippen molar-refractivity contribution in [1.29, 1.82) is 0 Å². The van der Waals surface area contributed by atoms with E-state index in [1.165, 1.54) is 0 Å². The van der Waals surface area contributed by atoms with Gasteiger partial charge in [-0.25, -0.2) is 0 Å². The highest BCUT2D eigenvalue weighted by atomic mass is 16.5. The minimum atomic E-state index is -1.20. The molecular weight excluding hydrogens is 300 g/mol. The Labute approximate surface area is 141 Å². The zero-order valence-electron chi connectivity index (χ0n) is 13.2. The van der Waals surface area contributed by atoms with Crippen molar-refractivity contribution >= 4 is 0 Å². The molecule has 0 aliphatic heterocycles. The van der Waals surface area contributed by atoms with E-state index in [2.05, 4.69) is 0 Å². The van der Waals surface area contributed by atoms with Gasteiger partial charge in [0.2, 0.25) is 0 Å². The van der Waals surface area contributed by atoms with Gasteiger partial charge in [0, 0.05) is 11.1 Å². The fourth-order valence-electron chi connectivity index (χ4n) is 2.91. The molecule has 0 bridgehead atoms. The Morgan fingerprint density at radius 1 is 0.708 bits per heavy atom. The van der Waals surface area contributed by atoms with E-state index in [9.17, 15) is 10.2 Å². The maximum absolute atomic E-state index is 10.8. The van der Waals surface area contributed by atoms with Gasteiger partial charge >= 0.3 is 0 Å². The summed E-state index contributed by atoms with van der Waals surface area (Å²) in [4.78, 5) is 0. The summed E-state index contributed by atoms with van der Waals surface area (Å²) >= 11 is 0. The molecule has 0 saturated carbocycles. The molecule has 2 N–H and O–H groups in total. The van der Waals surface area contributed by atoms with Gasteiger partial charge < -0.3 is 14.9 Å². The molecule has 0 amide bonds. The molecule has 0 spiro atoms. The van der Waals surface area contributed by atoms with Crippen molar-refractivity contribution in [3.8, 4) is 5.75 Å². The average Bonchev–Trinajstić information content (AvgIpc) is 2.67. The molecule has 3 heteroatoms. The Morgan fingerprint density at radius 3 is 1.54 bits per heavy atom. The predicted octanol–water partition coefficient (Wildman–Crippen LogP) is 3.36. The molecule has 1 unspecified atom stereocenters. The Hall–Kier alpha value is -2.62. The molecule has 0 aliphatic rings. The van der Waals surface area contributed by atoms with Crippen LogP contribution in [0.15, 0.2) is 91.0 Å². The average molecular weight is 320 g/mol. The molecular formula is C21H20O3. The number of aliphatic hydroxyl groups is 2. The maximum Gasteiger partial charge on any atom is 0.187 e. The van der Waals surface area contributed by atoms with Gasteiger partial charge in [0.1, 0.15) is 11.9 Å². The third-order valence-electron chi connectivity index (χ3n) is 4.07. The first-order chi connectivity index (χ1) is 11.8. The lowest BCUT2D eigenvalue weighted by Gasteiger charge is -2.38. The summed E-state index contributed by atoms with van der Waals surface area (Å²) in [6, 6.07) is 28.3. The predicted molar refractivity (Wildman–Crippen MR) is 93.8 cm³/mol. The van der Waals surface area contributed by atoms with E-state index in [1.807, 2.05) is 91.0 Å². The number of hydrogen-bond donors (Lipinski definition) is 2. The summed E-state index contributed by atoms with van der Waals surface area (Å²) in [6.07, 6.45) is -1.12. The van der Waals surface area contributed by atoms with Gasteiger partial charge in [-0.05, 0) is 12.1 Å². The lowest BCUT2D eigenvalue weighted by molar-refractivity contribution is -0.0560. The third-order valence-corrected chi connectivity index (χ3v) is 4.07. The first kappa shape index (κ1) is 16.2. The fourth-order valence-corrected chi connectivity index (χ4v) is 2.91. The second-order valence-corrected chi connectivity index (χ2v) is 5.58. The van der Waals surface area contributed by atoms with Gasteiger partial charge in [0.25, 0.3) is 0 Å². The van der Waals surface area contributed by atoms with Crippen LogP contribution in [-0.2, 0) is 5.60 Å². The molecule has 0 heterocycles. The quantitative estimate of drug-likeness (QED) is 0.732. The maximum atomic E-state index is 10.8. The Morgan fingerprint density at radius 2 is 1.12 bits per heavy atom. The zero-order valence-corrected chi connectivity index (χ0v) is 13.2. The molecule has 1 atom stereocenters. The summed E-state index contributed by atoms with van der Waals surface area (Å²) in [5, 5.41) is 20.5. The van der Waals surface area contributed by atoms with Gasteiger partial charge in [-0.3, -0.25) is 0 Å². The lowest BCUT2D eigenvalue weighted by atomic mass is 9.81. The van der Waals surface area contributed by atoms with Gasteiger partial charge in [0.15, 0.2) is 5.60 Å². The summed E-state index contributed by atoms with van der Waals surface area (Å²) in [6.45, 7) is -0.420. The smallest absolute Gasteiger partial charge is 0.187 e. The molecule has 3 rings (SSSR count). The largest absolute Gasteiger partial charge is 0.475 e. The van der Waals surface area contributed by atoms with Crippen LogP contribution in [0.4, 0.5) is 0 Å². The lowest BCUT2D eigenvalue weighted by Crippen LogP contribution is -2.47. The van der Waals surface area contributed by atoms with Gasteiger partial charge in [-0.1, -0.05) is 78.9 Å². The second kappa shape index (κ2) is 7.30. The number of ether oxygens (including phenoxy) is 1. The van der Waals surface area contributed by atoms with Crippen molar-refractivity contribution in [2.45, 2.75) is 11.7 Å². The van der Waals surface area contributed by atoms with Gasteiger partial charge in [-0.2, -0.15) is 0 Å². The van der Waals surface area contributed by atoms with Crippen LogP contribution in [0, 0.1) is 0 Å². The zero-order chi connectivity index (χ0) is 16.8. The molecule has 0 aromatic heterocycles. The minimum Gasteiger partial charge on any atom is -0.475 e. The van der Waals surface area contributed by atoms with Crippen molar-refractivity contribution in [2.24, 2.45) is 0 Å². The van der Waals surface area contributed by atoms with E-state index in [1.54, 1.807) is 0 Å². The Kier molecular flexibility index (Phi) is 4.94. The highest BCUT2D eigenvalue weighted by Crippen LogP contribution is 2.38. The topological polar surface area (TPSA) is 49.7 Å². The Balaban J connectivity index is 2.21. The van der Waals surface area contributed by atoms with Crippen molar-refractivity contribution in [2.75, 3.05) is 6.61 Å². The molecule has 0 aliphatic carbocycles.